The van der Waals surface area contributed by atoms with Gasteiger partial charge in [0.05, 0.1) is 6.54 Å². The van der Waals surface area contributed by atoms with Gasteiger partial charge in [0.2, 0.25) is 0 Å². The van der Waals surface area contributed by atoms with Crippen molar-refractivity contribution in [3.05, 3.63) is 32.6 Å². The fourth-order valence-electron chi connectivity index (χ4n) is 1.54. The summed E-state index contributed by atoms with van der Waals surface area (Å²) in [7, 11) is 0. The highest BCUT2D eigenvalue weighted by molar-refractivity contribution is 9.10. The second-order valence-corrected chi connectivity index (χ2v) is 5.73. The summed E-state index contributed by atoms with van der Waals surface area (Å²) in [5, 5.41) is 6.40. The number of hydrogen-bond donors (Lipinski definition) is 1. The summed E-state index contributed by atoms with van der Waals surface area (Å²) >= 11 is 5.07. The van der Waals surface area contributed by atoms with Crippen LogP contribution in [0.4, 0.5) is 5.82 Å². The lowest BCUT2D eigenvalue weighted by Gasteiger charge is -2.06. The van der Waals surface area contributed by atoms with Crippen molar-refractivity contribution in [1.29, 1.82) is 0 Å². The predicted molar refractivity (Wildman–Crippen MR) is 77.9 cm³/mol. The van der Waals surface area contributed by atoms with Crippen LogP contribution in [-0.4, -0.2) is 15.0 Å². The highest BCUT2D eigenvalue weighted by Crippen LogP contribution is 2.15. The van der Waals surface area contributed by atoms with Crippen LogP contribution in [0.2, 0.25) is 0 Å². The molecule has 4 nitrogen and oxygen atoms in total. The summed E-state index contributed by atoms with van der Waals surface area (Å²) in [6.45, 7) is 4.82. The first-order valence-corrected chi connectivity index (χ1v) is 7.53. The molecule has 0 saturated heterocycles. The summed E-state index contributed by atoms with van der Waals surface area (Å²) in [4.78, 5) is 13.2. The Morgan fingerprint density at radius 3 is 2.83 bits per heavy atom. The van der Waals surface area contributed by atoms with E-state index in [1.807, 2.05) is 13.0 Å². The quantitative estimate of drug-likeness (QED) is 0.853. The molecule has 1 N–H and O–H groups in total. The van der Waals surface area contributed by atoms with Crippen LogP contribution in [0.15, 0.2) is 16.0 Å². The Morgan fingerprint density at radius 1 is 1.33 bits per heavy atom. The summed E-state index contributed by atoms with van der Waals surface area (Å²) < 4.78 is 0.818. The minimum atomic E-state index is 0.702. The zero-order valence-electron chi connectivity index (χ0n) is 10.4. The highest BCUT2D eigenvalue weighted by atomic mass is 79.9. The van der Waals surface area contributed by atoms with E-state index in [1.54, 1.807) is 11.3 Å². The normalized spacial score (nSPS) is 10.6. The number of rotatable bonds is 5. The van der Waals surface area contributed by atoms with Gasteiger partial charge < -0.3 is 5.32 Å². The number of thiazole rings is 1. The molecule has 0 aromatic carbocycles. The predicted octanol–water partition coefficient (Wildman–Crippen LogP) is 3.57. The van der Waals surface area contributed by atoms with Gasteiger partial charge >= 0.3 is 0 Å². The lowest BCUT2D eigenvalue weighted by Crippen LogP contribution is -2.04. The van der Waals surface area contributed by atoms with Gasteiger partial charge in [0, 0.05) is 23.6 Å². The molecule has 96 valence electrons. The molecule has 0 aliphatic heterocycles. The van der Waals surface area contributed by atoms with Crippen molar-refractivity contribution in [2.75, 3.05) is 5.32 Å². The van der Waals surface area contributed by atoms with Gasteiger partial charge in [-0.1, -0.05) is 6.92 Å². The molecule has 0 spiro atoms. The highest BCUT2D eigenvalue weighted by Gasteiger charge is 2.04. The van der Waals surface area contributed by atoms with Crippen molar-refractivity contribution in [1.82, 2.24) is 15.0 Å². The SMILES string of the molecule is CCCc1nc(Br)cc(NCc2nc(C)cs2)n1. The van der Waals surface area contributed by atoms with E-state index in [-0.39, 0.29) is 0 Å². The molecule has 0 saturated carbocycles. The lowest BCUT2D eigenvalue weighted by molar-refractivity contribution is 0.828. The summed E-state index contributed by atoms with van der Waals surface area (Å²) in [6, 6.07) is 1.89. The van der Waals surface area contributed by atoms with Crippen LogP contribution in [0.1, 0.15) is 29.9 Å². The van der Waals surface area contributed by atoms with Crippen LogP contribution < -0.4 is 5.32 Å². The fourth-order valence-corrected chi connectivity index (χ4v) is 2.67. The molecule has 18 heavy (non-hydrogen) atoms. The van der Waals surface area contributed by atoms with Crippen molar-refractivity contribution < 1.29 is 0 Å². The molecule has 6 heteroatoms. The van der Waals surface area contributed by atoms with Crippen molar-refractivity contribution in [2.24, 2.45) is 0 Å². The molecular weight excluding hydrogens is 312 g/mol. The molecule has 2 rings (SSSR count). The molecule has 0 atom stereocenters. The molecule has 0 fully saturated rings. The van der Waals surface area contributed by atoms with E-state index in [1.165, 1.54) is 0 Å². The van der Waals surface area contributed by atoms with Gasteiger partial charge in [0.1, 0.15) is 21.3 Å². The maximum absolute atomic E-state index is 4.47. The number of aryl methyl sites for hydroxylation is 2. The second-order valence-electron chi connectivity index (χ2n) is 3.98. The lowest BCUT2D eigenvalue weighted by atomic mass is 10.3. The van der Waals surface area contributed by atoms with Crippen LogP contribution in [0.5, 0.6) is 0 Å². The van der Waals surface area contributed by atoms with E-state index in [0.29, 0.717) is 6.54 Å². The molecule has 0 bridgehead atoms. The van der Waals surface area contributed by atoms with Gasteiger partial charge in [-0.3, -0.25) is 0 Å². The molecule has 0 radical (unpaired) electrons. The third-order valence-corrected chi connectivity index (χ3v) is 3.68. The summed E-state index contributed by atoms with van der Waals surface area (Å²) in [5.74, 6) is 1.71. The number of aromatic nitrogens is 3. The second kappa shape index (κ2) is 6.24. The Bertz CT molecular complexity index is 527. The molecule has 0 aliphatic carbocycles. The average molecular weight is 327 g/mol. The average Bonchev–Trinajstić information content (AvgIpc) is 2.72. The zero-order chi connectivity index (χ0) is 13.0. The van der Waals surface area contributed by atoms with E-state index in [2.05, 4.69) is 48.5 Å². The topological polar surface area (TPSA) is 50.7 Å². The Morgan fingerprint density at radius 2 is 2.17 bits per heavy atom. The van der Waals surface area contributed by atoms with Crippen molar-refractivity contribution >= 4 is 33.1 Å². The van der Waals surface area contributed by atoms with Crippen molar-refractivity contribution in [3.8, 4) is 0 Å². The van der Waals surface area contributed by atoms with Gasteiger partial charge in [0.15, 0.2) is 0 Å². The van der Waals surface area contributed by atoms with E-state index in [4.69, 9.17) is 0 Å². The van der Waals surface area contributed by atoms with Gasteiger partial charge in [-0.05, 0) is 29.3 Å². The minimum Gasteiger partial charge on any atom is -0.363 e. The van der Waals surface area contributed by atoms with E-state index in [9.17, 15) is 0 Å². The third kappa shape index (κ3) is 3.74. The molecule has 0 aliphatic rings. The molecule has 0 unspecified atom stereocenters. The van der Waals surface area contributed by atoms with Crippen LogP contribution in [0.25, 0.3) is 0 Å². The molecule has 2 heterocycles. The first kappa shape index (κ1) is 13.4. The van der Waals surface area contributed by atoms with Crippen LogP contribution in [-0.2, 0) is 13.0 Å². The summed E-state index contributed by atoms with van der Waals surface area (Å²) in [6.07, 6.45) is 1.94. The maximum atomic E-state index is 4.47. The van der Waals surface area contributed by atoms with E-state index < -0.39 is 0 Å². The number of nitrogens with one attached hydrogen (secondary N) is 1. The van der Waals surface area contributed by atoms with Crippen LogP contribution in [0.3, 0.4) is 0 Å². The van der Waals surface area contributed by atoms with Gasteiger partial charge in [-0.15, -0.1) is 11.3 Å². The third-order valence-electron chi connectivity index (χ3n) is 2.30. The monoisotopic (exact) mass is 326 g/mol. The van der Waals surface area contributed by atoms with Crippen LogP contribution >= 0.6 is 27.3 Å². The Kier molecular flexibility index (Phi) is 4.66. The van der Waals surface area contributed by atoms with Gasteiger partial charge in [-0.25, -0.2) is 15.0 Å². The molecular formula is C12H15BrN4S. The van der Waals surface area contributed by atoms with Crippen molar-refractivity contribution in [3.63, 3.8) is 0 Å². The maximum Gasteiger partial charge on any atom is 0.132 e. The molecule has 2 aromatic rings. The Labute approximate surface area is 119 Å². The largest absolute Gasteiger partial charge is 0.363 e. The smallest absolute Gasteiger partial charge is 0.132 e. The van der Waals surface area contributed by atoms with E-state index in [0.717, 1.165) is 39.8 Å². The summed E-state index contributed by atoms with van der Waals surface area (Å²) in [5.41, 5.74) is 1.06. The fraction of sp³-hybridized carbons (Fsp3) is 0.417. The Balaban J connectivity index is 2.04. The number of hydrogen-bond acceptors (Lipinski definition) is 5. The number of anilines is 1. The van der Waals surface area contributed by atoms with Crippen molar-refractivity contribution in [2.45, 2.75) is 33.2 Å². The first-order chi connectivity index (χ1) is 8.67. The molecule has 2 aromatic heterocycles. The standard InChI is InChI=1S/C12H15BrN4S/c1-3-4-10-16-9(13)5-11(17-10)14-6-12-15-8(2)7-18-12/h5,7H,3-4,6H2,1-2H3,(H,14,16,17). The van der Waals surface area contributed by atoms with Crippen LogP contribution in [0, 0.1) is 6.92 Å². The van der Waals surface area contributed by atoms with E-state index >= 15 is 0 Å². The molecule has 0 amide bonds. The zero-order valence-corrected chi connectivity index (χ0v) is 12.8. The number of nitrogens with zero attached hydrogens (tertiary/aromatic N) is 3. The van der Waals surface area contributed by atoms with Gasteiger partial charge in [-0.2, -0.15) is 0 Å². The number of halogens is 1. The van der Waals surface area contributed by atoms with Gasteiger partial charge in [0.25, 0.3) is 0 Å². The first-order valence-electron chi connectivity index (χ1n) is 5.85. The Hall–Kier alpha value is -1.01. The minimum absolute atomic E-state index is 0.702.